The summed E-state index contributed by atoms with van der Waals surface area (Å²) in [4.78, 5) is 14.5. The highest BCUT2D eigenvalue weighted by Crippen LogP contribution is 2.09. The number of rotatable bonds is 4. The Morgan fingerprint density at radius 3 is 2.65 bits per heavy atom. The van der Waals surface area contributed by atoms with Crippen molar-refractivity contribution in [3.63, 3.8) is 0 Å². The van der Waals surface area contributed by atoms with E-state index in [0.717, 1.165) is 43.8 Å². The molecule has 1 saturated heterocycles. The summed E-state index contributed by atoms with van der Waals surface area (Å²) in [7, 11) is 0. The first-order valence-electron chi connectivity index (χ1n) is 7.34. The topological polar surface area (TPSA) is 44.7 Å². The van der Waals surface area contributed by atoms with E-state index in [1.54, 1.807) is 0 Å². The Hall–Kier alpha value is -1.68. The Labute approximate surface area is 120 Å². The van der Waals surface area contributed by atoms with E-state index in [9.17, 15) is 4.79 Å². The molecule has 1 amide bonds. The SMILES string of the molecule is CCCN1CCC(=NNC(=O)c2ccccc2C)CC1. The van der Waals surface area contributed by atoms with Gasteiger partial charge < -0.3 is 4.90 Å². The number of carbonyl (C=O) groups excluding carboxylic acids is 1. The van der Waals surface area contributed by atoms with E-state index in [0.29, 0.717) is 5.56 Å². The predicted octanol–water partition coefficient (Wildman–Crippen LogP) is 2.59. The quantitative estimate of drug-likeness (QED) is 0.857. The molecule has 1 aromatic rings. The second kappa shape index (κ2) is 7.20. The monoisotopic (exact) mass is 273 g/mol. The molecule has 4 heteroatoms. The average Bonchev–Trinajstić information content (AvgIpc) is 2.47. The van der Waals surface area contributed by atoms with Gasteiger partial charge in [0.05, 0.1) is 0 Å². The van der Waals surface area contributed by atoms with Gasteiger partial charge in [0.1, 0.15) is 0 Å². The molecule has 20 heavy (non-hydrogen) atoms. The Kier molecular flexibility index (Phi) is 5.30. The van der Waals surface area contributed by atoms with Gasteiger partial charge in [0.25, 0.3) is 5.91 Å². The minimum absolute atomic E-state index is 0.119. The van der Waals surface area contributed by atoms with Gasteiger partial charge >= 0.3 is 0 Å². The molecule has 1 N–H and O–H groups in total. The molecule has 1 aromatic carbocycles. The van der Waals surface area contributed by atoms with Crippen LogP contribution in [0.5, 0.6) is 0 Å². The van der Waals surface area contributed by atoms with E-state index in [1.807, 2.05) is 31.2 Å². The number of amides is 1. The van der Waals surface area contributed by atoms with Crippen molar-refractivity contribution in [1.29, 1.82) is 0 Å². The van der Waals surface area contributed by atoms with E-state index in [1.165, 1.54) is 6.42 Å². The van der Waals surface area contributed by atoms with Crippen LogP contribution in [-0.4, -0.2) is 36.2 Å². The fraction of sp³-hybridized carbons (Fsp3) is 0.500. The van der Waals surface area contributed by atoms with Crippen molar-refractivity contribution >= 4 is 11.6 Å². The molecule has 0 saturated carbocycles. The van der Waals surface area contributed by atoms with Gasteiger partial charge in [-0.1, -0.05) is 25.1 Å². The number of hydrazone groups is 1. The third-order valence-corrected chi connectivity index (χ3v) is 3.68. The van der Waals surface area contributed by atoms with E-state index in [-0.39, 0.29) is 5.91 Å². The average molecular weight is 273 g/mol. The highest BCUT2D eigenvalue weighted by molar-refractivity contribution is 5.96. The normalized spacial score (nSPS) is 16.0. The zero-order chi connectivity index (χ0) is 14.4. The number of benzene rings is 1. The van der Waals surface area contributed by atoms with Crippen molar-refractivity contribution in [2.75, 3.05) is 19.6 Å². The molecule has 0 bridgehead atoms. The molecule has 108 valence electrons. The smallest absolute Gasteiger partial charge is 0.271 e. The highest BCUT2D eigenvalue weighted by Gasteiger charge is 2.14. The van der Waals surface area contributed by atoms with Gasteiger partial charge in [0.2, 0.25) is 0 Å². The van der Waals surface area contributed by atoms with Crippen molar-refractivity contribution in [3.05, 3.63) is 35.4 Å². The lowest BCUT2D eigenvalue weighted by atomic mass is 10.1. The summed E-state index contributed by atoms with van der Waals surface area (Å²) < 4.78 is 0. The van der Waals surface area contributed by atoms with Crippen molar-refractivity contribution < 1.29 is 4.79 Å². The molecule has 4 nitrogen and oxygen atoms in total. The van der Waals surface area contributed by atoms with Crippen LogP contribution in [0.25, 0.3) is 0 Å². The first-order valence-corrected chi connectivity index (χ1v) is 7.34. The highest BCUT2D eigenvalue weighted by atomic mass is 16.2. The number of nitrogens with zero attached hydrogens (tertiary/aromatic N) is 2. The Morgan fingerprint density at radius 1 is 1.30 bits per heavy atom. The van der Waals surface area contributed by atoms with Crippen LogP contribution in [0.15, 0.2) is 29.4 Å². The maximum Gasteiger partial charge on any atom is 0.271 e. The molecule has 0 aliphatic carbocycles. The van der Waals surface area contributed by atoms with Gasteiger partial charge in [-0.15, -0.1) is 0 Å². The molecule has 1 heterocycles. The van der Waals surface area contributed by atoms with Crippen molar-refractivity contribution in [2.45, 2.75) is 33.1 Å². The molecule has 0 spiro atoms. The zero-order valence-corrected chi connectivity index (χ0v) is 12.4. The molecular formula is C16H23N3O. The van der Waals surface area contributed by atoms with Crippen LogP contribution in [0.4, 0.5) is 0 Å². The number of hydrogen-bond acceptors (Lipinski definition) is 3. The molecule has 1 aliphatic rings. The first-order chi connectivity index (χ1) is 9.70. The van der Waals surface area contributed by atoms with Gasteiger partial charge in [-0.05, 0) is 31.5 Å². The number of aryl methyl sites for hydroxylation is 1. The fourth-order valence-electron chi connectivity index (χ4n) is 2.48. The van der Waals surface area contributed by atoms with Crippen LogP contribution in [-0.2, 0) is 0 Å². The van der Waals surface area contributed by atoms with Crippen molar-refractivity contribution in [3.8, 4) is 0 Å². The standard InChI is InChI=1S/C16H23N3O/c1-3-10-19-11-8-14(9-12-19)17-18-16(20)15-7-5-4-6-13(15)2/h4-7H,3,8-12H2,1-2H3,(H,18,20). The third kappa shape index (κ3) is 3.90. The lowest BCUT2D eigenvalue weighted by Crippen LogP contribution is -2.35. The first kappa shape index (κ1) is 14.7. The van der Waals surface area contributed by atoms with Crippen LogP contribution in [0.2, 0.25) is 0 Å². The van der Waals surface area contributed by atoms with E-state index < -0.39 is 0 Å². The molecule has 0 radical (unpaired) electrons. The summed E-state index contributed by atoms with van der Waals surface area (Å²) in [6.07, 6.45) is 3.10. The summed E-state index contributed by atoms with van der Waals surface area (Å²) in [5.74, 6) is -0.119. The molecule has 0 aromatic heterocycles. The number of carbonyl (C=O) groups is 1. The molecule has 0 atom stereocenters. The molecule has 1 fully saturated rings. The van der Waals surface area contributed by atoms with Gasteiger partial charge in [0, 0.05) is 37.2 Å². The summed E-state index contributed by atoms with van der Waals surface area (Å²) in [5.41, 5.74) is 5.45. The molecule has 0 unspecified atom stereocenters. The van der Waals surface area contributed by atoms with Crippen molar-refractivity contribution in [2.24, 2.45) is 5.10 Å². The Balaban J connectivity index is 1.88. The number of nitrogens with one attached hydrogen (secondary N) is 1. The minimum atomic E-state index is -0.119. The largest absolute Gasteiger partial charge is 0.303 e. The van der Waals surface area contributed by atoms with Gasteiger partial charge in [0.15, 0.2) is 0 Å². The number of hydrogen-bond donors (Lipinski definition) is 1. The molecule has 2 rings (SSSR count). The van der Waals surface area contributed by atoms with Gasteiger partial charge in [-0.25, -0.2) is 5.43 Å². The summed E-state index contributed by atoms with van der Waals surface area (Å²) in [6.45, 7) is 7.39. The minimum Gasteiger partial charge on any atom is -0.303 e. The van der Waals surface area contributed by atoms with Crippen molar-refractivity contribution in [1.82, 2.24) is 10.3 Å². The third-order valence-electron chi connectivity index (χ3n) is 3.68. The lowest BCUT2D eigenvalue weighted by molar-refractivity contribution is 0.0953. The summed E-state index contributed by atoms with van der Waals surface area (Å²) in [6, 6.07) is 7.57. The second-order valence-electron chi connectivity index (χ2n) is 5.28. The summed E-state index contributed by atoms with van der Waals surface area (Å²) in [5, 5.41) is 4.29. The molecule has 1 aliphatic heterocycles. The van der Waals surface area contributed by atoms with Crippen LogP contribution in [0, 0.1) is 6.92 Å². The number of piperidine rings is 1. The maximum absolute atomic E-state index is 12.0. The zero-order valence-electron chi connectivity index (χ0n) is 12.4. The molecular weight excluding hydrogens is 250 g/mol. The predicted molar refractivity (Wildman–Crippen MR) is 82.0 cm³/mol. The van der Waals surface area contributed by atoms with E-state index in [4.69, 9.17) is 0 Å². The Bertz CT molecular complexity index is 486. The maximum atomic E-state index is 12.0. The second-order valence-corrected chi connectivity index (χ2v) is 5.28. The fourth-order valence-corrected chi connectivity index (χ4v) is 2.48. The van der Waals surface area contributed by atoms with Crippen LogP contribution < -0.4 is 5.43 Å². The van der Waals surface area contributed by atoms with Gasteiger partial charge in [-0.3, -0.25) is 4.79 Å². The van der Waals surface area contributed by atoms with E-state index in [2.05, 4.69) is 22.4 Å². The summed E-state index contributed by atoms with van der Waals surface area (Å²) >= 11 is 0. The number of likely N-dealkylation sites (tertiary alicyclic amines) is 1. The Morgan fingerprint density at radius 2 is 2.00 bits per heavy atom. The van der Waals surface area contributed by atoms with Gasteiger partial charge in [-0.2, -0.15) is 5.10 Å². The van der Waals surface area contributed by atoms with Crippen LogP contribution >= 0.6 is 0 Å². The van der Waals surface area contributed by atoms with E-state index >= 15 is 0 Å². The lowest BCUT2D eigenvalue weighted by Gasteiger charge is -2.26. The van der Waals surface area contributed by atoms with Crippen LogP contribution in [0.1, 0.15) is 42.1 Å². The van der Waals surface area contributed by atoms with Crippen LogP contribution in [0.3, 0.4) is 0 Å².